The summed E-state index contributed by atoms with van der Waals surface area (Å²) in [6, 6.07) is 3.85. The van der Waals surface area contributed by atoms with Crippen molar-refractivity contribution in [3.05, 3.63) is 28.0 Å². The van der Waals surface area contributed by atoms with E-state index in [1.165, 1.54) is 0 Å². The SMILES string of the molecule is NC1CCN(Cc2nc(Cl)ccc2Cl)CC1. The molecule has 2 rings (SSSR count). The van der Waals surface area contributed by atoms with E-state index in [-0.39, 0.29) is 0 Å². The second-order valence-corrected chi connectivity index (χ2v) is 4.97. The van der Waals surface area contributed by atoms with E-state index in [1.807, 2.05) is 0 Å². The maximum Gasteiger partial charge on any atom is 0.129 e. The first-order valence-corrected chi connectivity index (χ1v) is 6.19. The molecule has 0 aliphatic carbocycles. The fourth-order valence-electron chi connectivity index (χ4n) is 1.89. The predicted molar refractivity (Wildman–Crippen MR) is 66.7 cm³/mol. The molecule has 1 aromatic heterocycles. The van der Waals surface area contributed by atoms with Crippen LogP contribution in [0.5, 0.6) is 0 Å². The monoisotopic (exact) mass is 259 g/mol. The summed E-state index contributed by atoms with van der Waals surface area (Å²) in [7, 11) is 0. The van der Waals surface area contributed by atoms with Crippen molar-refractivity contribution in [1.82, 2.24) is 9.88 Å². The molecule has 5 heteroatoms. The smallest absolute Gasteiger partial charge is 0.129 e. The highest BCUT2D eigenvalue weighted by Crippen LogP contribution is 2.20. The van der Waals surface area contributed by atoms with Gasteiger partial charge in [0.1, 0.15) is 5.15 Å². The largest absolute Gasteiger partial charge is 0.328 e. The number of hydrogen-bond donors (Lipinski definition) is 1. The standard InChI is InChI=1S/C11H15Cl2N3/c12-9-1-2-11(13)15-10(9)7-16-5-3-8(14)4-6-16/h1-2,8H,3-7,14H2. The van der Waals surface area contributed by atoms with Crippen LogP contribution in [0.4, 0.5) is 0 Å². The molecule has 1 aromatic rings. The van der Waals surface area contributed by atoms with E-state index in [0.717, 1.165) is 38.2 Å². The first kappa shape index (κ1) is 12.1. The molecule has 88 valence electrons. The zero-order valence-electron chi connectivity index (χ0n) is 9.00. The van der Waals surface area contributed by atoms with Gasteiger partial charge in [-0.05, 0) is 25.0 Å². The number of nitrogens with two attached hydrogens (primary N) is 1. The lowest BCUT2D eigenvalue weighted by atomic mass is 10.1. The van der Waals surface area contributed by atoms with Crippen molar-refractivity contribution in [2.24, 2.45) is 5.73 Å². The zero-order chi connectivity index (χ0) is 11.5. The molecule has 0 atom stereocenters. The van der Waals surface area contributed by atoms with Gasteiger partial charge in [0.15, 0.2) is 0 Å². The molecular weight excluding hydrogens is 245 g/mol. The molecule has 2 heterocycles. The third-order valence-corrected chi connectivity index (χ3v) is 3.44. The van der Waals surface area contributed by atoms with Crippen molar-refractivity contribution in [2.75, 3.05) is 13.1 Å². The normalized spacial score (nSPS) is 18.9. The van der Waals surface area contributed by atoms with Gasteiger partial charge in [-0.2, -0.15) is 0 Å². The highest BCUT2D eigenvalue weighted by molar-refractivity contribution is 6.32. The molecule has 0 spiro atoms. The first-order valence-electron chi connectivity index (χ1n) is 5.44. The van der Waals surface area contributed by atoms with Gasteiger partial charge >= 0.3 is 0 Å². The topological polar surface area (TPSA) is 42.1 Å². The minimum Gasteiger partial charge on any atom is -0.328 e. The van der Waals surface area contributed by atoms with Gasteiger partial charge in [-0.3, -0.25) is 4.90 Å². The Morgan fingerprint density at radius 1 is 1.31 bits per heavy atom. The lowest BCUT2D eigenvalue weighted by Crippen LogP contribution is -2.39. The summed E-state index contributed by atoms with van der Waals surface area (Å²) in [5.74, 6) is 0. The number of halogens is 2. The van der Waals surface area contributed by atoms with E-state index in [1.54, 1.807) is 12.1 Å². The van der Waals surface area contributed by atoms with Crippen LogP contribution in [0.15, 0.2) is 12.1 Å². The second-order valence-electron chi connectivity index (χ2n) is 4.18. The van der Waals surface area contributed by atoms with E-state index >= 15 is 0 Å². The Labute approximate surface area is 106 Å². The van der Waals surface area contributed by atoms with Crippen molar-refractivity contribution in [3.63, 3.8) is 0 Å². The van der Waals surface area contributed by atoms with Gasteiger partial charge in [-0.25, -0.2) is 4.98 Å². The van der Waals surface area contributed by atoms with Gasteiger partial charge in [0.05, 0.1) is 10.7 Å². The minimum absolute atomic E-state index is 0.346. The molecule has 1 aliphatic heterocycles. The van der Waals surface area contributed by atoms with E-state index in [2.05, 4.69) is 9.88 Å². The Hall–Kier alpha value is -0.350. The van der Waals surface area contributed by atoms with Crippen molar-refractivity contribution >= 4 is 23.2 Å². The summed E-state index contributed by atoms with van der Waals surface area (Å²) in [6.07, 6.45) is 2.08. The Morgan fingerprint density at radius 2 is 2.00 bits per heavy atom. The lowest BCUT2D eigenvalue weighted by molar-refractivity contribution is 0.203. The van der Waals surface area contributed by atoms with Gasteiger partial charge in [0.2, 0.25) is 0 Å². The summed E-state index contributed by atoms with van der Waals surface area (Å²) >= 11 is 11.9. The Bertz CT molecular complexity index is 362. The van der Waals surface area contributed by atoms with E-state index in [4.69, 9.17) is 28.9 Å². The molecular formula is C11H15Cl2N3. The number of pyridine rings is 1. The van der Waals surface area contributed by atoms with E-state index in [9.17, 15) is 0 Å². The van der Waals surface area contributed by atoms with Crippen LogP contribution in [0.25, 0.3) is 0 Å². The summed E-state index contributed by atoms with van der Waals surface area (Å²) in [5, 5.41) is 1.17. The Kier molecular flexibility index (Phi) is 4.03. The number of likely N-dealkylation sites (tertiary alicyclic amines) is 1. The van der Waals surface area contributed by atoms with Crippen LogP contribution in [0.2, 0.25) is 10.2 Å². The van der Waals surface area contributed by atoms with Crippen LogP contribution < -0.4 is 5.73 Å². The highest BCUT2D eigenvalue weighted by Gasteiger charge is 2.17. The van der Waals surface area contributed by atoms with E-state index < -0.39 is 0 Å². The van der Waals surface area contributed by atoms with Gasteiger partial charge < -0.3 is 5.73 Å². The molecule has 1 aliphatic rings. The van der Waals surface area contributed by atoms with Crippen molar-refractivity contribution in [2.45, 2.75) is 25.4 Å². The average molecular weight is 260 g/mol. The van der Waals surface area contributed by atoms with Gasteiger partial charge in [0.25, 0.3) is 0 Å². The van der Waals surface area contributed by atoms with Gasteiger partial charge in [-0.15, -0.1) is 0 Å². The lowest BCUT2D eigenvalue weighted by Gasteiger charge is -2.29. The number of nitrogens with zero attached hydrogens (tertiary/aromatic N) is 2. The summed E-state index contributed by atoms with van der Waals surface area (Å²) in [5.41, 5.74) is 6.71. The molecule has 3 nitrogen and oxygen atoms in total. The number of rotatable bonds is 2. The molecule has 0 amide bonds. The molecule has 1 fully saturated rings. The number of hydrogen-bond acceptors (Lipinski definition) is 3. The second kappa shape index (κ2) is 5.32. The Balaban J connectivity index is 2.00. The molecule has 0 bridgehead atoms. The van der Waals surface area contributed by atoms with Gasteiger partial charge in [0, 0.05) is 25.7 Å². The minimum atomic E-state index is 0.346. The summed E-state index contributed by atoms with van der Waals surface area (Å²) in [6.45, 7) is 2.77. The Morgan fingerprint density at radius 3 is 2.69 bits per heavy atom. The molecule has 2 N–H and O–H groups in total. The van der Waals surface area contributed by atoms with Crippen LogP contribution >= 0.6 is 23.2 Å². The average Bonchev–Trinajstić information content (AvgIpc) is 2.27. The number of piperidine rings is 1. The molecule has 16 heavy (non-hydrogen) atoms. The van der Waals surface area contributed by atoms with Crippen molar-refractivity contribution in [3.8, 4) is 0 Å². The van der Waals surface area contributed by atoms with E-state index in [0.29, 0.717) is 16.2 Å². The predicted octanol–water partition coefficient (Wildman–Crippen LogP) is 2.31. The van der Waals surface area contributed by atoms with Crippen LogP contribution in [-0.2, 0) is 6.54 Å². The van der Waals surface area contributed by atoms with Crippen LogP contribution in [0.1, 0.15) is 18.5 Å². The fourth-order valence-corrected chi connectivity index (χ4v) is 2.22. The third-order valence-electron chi connectivity index (χ3n) is 2.89. The van der Waals surface area contributed by atoms with Crippen LogP contribution in [-0.4, -0.2) is 29.0 Å². The quantitative estimate of drug-likeness (QED) is 0.830. The maximum absolute atomic E-state index is 6.07. The third kappa shape index (κ3) is 3.08. The summed E-state index contributed by atoms with van der Waals surface area (Å²) in [4.78, 5) is 6.56. The van der Waals surface area contributed by atoms with Crippen LogP contribution in [0, 0.1) is 0 Å². The number of aromatic nitrogens is 1. The molecule has 0 aromatic carbocycles. The van der Waals surface area contributed by atoms with Gasteiger partial charge in [-0.1, -0.05) is 23.2 Å². The molecule has 0 unspecified atom stereocenters. The zero-order valence-corrected chi connectivity index (χ0v) is 10.5. The molecule has 0 radical (unpaired) electrons. The van der Waals surface area contributed by atoms with Crippen LogP contribution in [0.3, 0.4) is 0 Å². The maximum atomic E-state index is 6.07. The first-order chi connectivity index (χ1) is 7.65. The van der Waals surface area contributed by atoms with Crippen molar-refractivity contribution < 1.29 is 0 Å². The molecule has 0 saturated carbocycles. The highest BCUT2D eigenvalue weighted by atomic mass is 35.5. The fraction of sp³-hybridized carbons (Fsp3) is 0.545. The summed E-state index contributed by atoms with van der Waals surface area (Å²) < 4.78 is 0. The molecule has 1 saturated heterocycles. The van der Waals surface area contributed by atoms with Crippen molar-refractivity contribution in [1.29, 1.82) is 0 Å².